The van der Waals surface area contributed by atoms with E-state index in [1.54, 1.807) is 6.07 Å². The number of benzene rings is 2. The lowest BCUT2D eigenvalue weighted by Gasteiger charge is -2.06. The maximum Gasteiger partial charge on any atom is 0.123 e. The van der Waals surface area contributed by atoms with Gasteiger partial charge in [0.15, 0.2) is 0 Å². The summed E-state index contributed by atoms with van der Waals surface area (Å²) in [6, 6.07) is 17.2. The Bertz CT molecular complexity index is 598. The van der Waals surface area contributed by atoms with Crippen molar-refractivity contribution in [2.24, 2.45) is 5.92 Å². The van der Waals surface area contributed by atoms with Crippen molar-refractivity contribution in [3.63, 3.8) is 0 Å². The molecule has 2 nitrogen and oxygen atoms in total. The maximum absolute atomic E-state index is 9.56. The topological polar surface area (TPSA) is 40.5 Å². The number of aliphatic hydroxyl groups is 1. The normalized spacial score (nSPS) is 11.2. The Balaban J connectivity index is 0.000000245. The van der Waals surface area contributed by atoms with Crippen LogP contribution in [0.1, 0.15) is 40.0 Å². The smallest absolute Gasteiger partial charge is 0.123 e. The molecule has 24 heavy (non-hydrogen) atoms. The zero-order valence-electron chi connectivity index (χ0n) is 15.1. The minimum absolute atomic E-state index is 0.328. The van der Waals surface area contributed by atoms with Crippen LogP contribution < -0.4 is 0 Å². The van der Waals surface area contributed by atoms with Gasteiger partial charge < -0.3 is 10.2 Å². The molecule has 2 N–H and O–H groups in total. The molecule has 2 aromatic carbocycles. The zero-order valence-corrected chi connectivity index (χ0v) is 15.1. The molecule has 0 heterocycles. The van der Waals surface area contributed by atoms with Crippen molar-refractivity contribution in [1.82, 2.24) is 0 Å². The summed E-state index contributed by atoms with van der Waals surface area (Å²) in [4.78, 5) is 0. The highest BCUT2D eigenvalue weighted by atomic mass is 16.3. The van der Waals surface area contributed by atoms with Crippen LogP contribution in [-0.2, 0) is 0 Å². The number of aromatic hydroxyl groups is 1. The minimum atomic E-state index is 0.328. The lowest BCUT2D eigenvalue weighted by molar-refractivity contribution is 0.259. The highest BCUT2D eigenvalue weighted by Gasteiger charge is 2.00. The molecule has 1 atom stereocenters. The van der Waals surface area contributed by atoms with E-state index in [0.29, 0.717) is 18.3 Å². The number of para-hydroxylation sites is 1. The molecule has 1 unspecified atom stereocenters. The van der Waals surface area contributed by atoms with Gasteiger partial charge in [0.05, 0.1) is 0 Å². The highest BCUT2D eigenvalue weighted by molar-refractivity contribution is 5.69. The Labute approximate surface area is 146 Å². The van der Waals surface area contributed by atoms with Gasteiger partial charge in [-0.2, -0.15) is 0 Å². The third-order valence-corrected chi connectivity index (χ3v) is 3.82. The number of rotatable bonds is 6. The molecular weight excluding hydrogens is 296 g/mol. The van der Waals surface area contributed by atoms with Gasteiger partial charge in [0.25, 0.3) is 0 Å². The van der Waals surface area contributed by atoms with Gasteiger partial charge in [-0.3, -0.25) is 0 Å². The summed E-state index contributed by atoms with van der Waals surface area (Å²) in [6.07, 6.45) is 5.56. The summed E-state index contributed by atoms with van der Waals surface area (Å²) in [7, 11) is 0. The third kappa shape index (κ3) is 7.98. The molecule has 0 saturated carbocycles. The van der Waals surface area contributed by atoms with Gasteiger partial charge >= 0.3 is 0 Å². The summed E-state index contributed by atoms with van der Waals surface area (Å²) in [5.41, 5.74) is 3.31. The standard InChI is InChI=1S/C12H10O.C10H20O/c13-12-9-5-4-8-11(12)10-6-2-1-3-7-10;1-9(2)5-4-6-10(3)7-8-11/h1-9,13H;5,10-11H,4,6-8H2,1-3H3. The molecule has 2 aromatic rings. The van der Waals surface area contributed by atoms with Crippen LogP contribution in [0, 0.1) is 5.92 Å². The molecular formula is C22H30O2. The minimum Gasteiger partial charge on any atom is -0.507 e. The van der Waals surface area contributed by atoms with Crippen LogP contribution in [-0.4, -0.2) is 16.8 Å². The SMILES string of the molecule is CC(C)=CCCC(C)CCO.Oc1ccccc1-c1ccccc1. The van der Waals surface area contributed by atoms with Crippen molar-refractivity contribution in [1.29, 1.82) is 0 Å². The predicted molar refractivity (Wildman–Crippen MR) is 103 cm³/mol. The van der Waals surface area contributed by atoms with Gasteiger partial charge in [-0.05, 0) is 50.7 Å². The molecule has 130 valence electrons. The Morgan fingerprint density at radius 1 is 0.958 bits per heavy atom. The molecule has 0 spiro atoms. The Hall–Kier alpha value is -2.06. The second-order valence-electron chi connectivity index (χ2n) is 6.36. The number of aliphatic hydroxyl groups excluding tert-OH is 1. The fraction of sp³-hybridized carbons (Fsp3) is 0.364. The second-order valence-corrected chi connectivity index (χ2v) is 6.36. The molecule has 0 aliphatic carbocycles. The van der Waals surface area contributed by atoms with E-state index in [2.05, 4.69) is 26.8 Å². The van der Waals surface area contributed by atoms with Gasteiger partial charge in [-0.15, -0.1) is 0 Å². The van der Waals surface area contributed by atoms with Gasteiger partial charge in [-0.1, -0.05) is 67.1 Å². The van der Waals surface area contributed by atoms with Gasteiger partial charge in [0.1, 0.15) is 5.75 Å². The van der Waals surface area contributed by atoms with Crippen LogP contribution >= 0.6 is 0 Å². The molecule has 0 aromatic heterocycles. The largest absolute Gasteiger partial charge is 0.507 e. The summed E-state index contributed by atoms with van der Waals surface area (Å²) < 4.78 is 0. The molecule has 0 fully saturated rings. The summed E-state index contributed by atoms with van der Waals surface area (Å²) >= 11 is 0. The number of hydrogen-bond acceptors (Lipinski definition) is 2. The molecule has 0 aliphatic heterocycles. The van der Waals surface area contributed by atoms with E-state index in [0.717, 1.165) is 24.0 Å². The van der Waals surface area contributed by atoms with Crippen LogP contribution in [0.2, 0.25) is 0 Å². The second kappa shape index (κ2) is 11.5. The first-order chi connectivity index (χ1) is 11.5. The Kier molecular flexibility index (Phi) is 9.55. The molecule has 0 bridgehead atoms. The van der Waals surface area contributed by atoms with Crippen LogP contribution in [0.3, 0.4) is 0 Å². The van der Waals surface area contributed by atoms with Crippen LogP contribution in [0.4, 0.5) is 0 Å². The average Bonchev–Trinajstić information content (AvgIpc) is 2.57. The predicted octanol–water partition coefficient (Wildman–Crippen LogP) is 5.81. The van der Waals surface area contributed by atoms with Gasteiger partial charge in [-0.25, -0.2) is 0 Å². The summed E-state index contributed by atoms with van der Waals surface area (Å²) in [5, 5.41) is 18.2. The Morgan fingerprint density at radius 2 is 1.58 bits per heavy atom. The molecule has 0 saturated heterocycles. The molecule has 0 radical (unpaired) electrons. The van der Waals surface area contributed by atoms with E-state index in [1.807, 2.05) is 48.5 Å². The van der Waals surface area contributed by atoms with Crippen molar-refractivity contribution < 1.29 is 10.2 Å². The lowest BCUT2D eigenvalue weighted by Crippen LogP contribution is -1.96. The quantitative estimate of drug-likeness (QED) is 0.658. The van der Waals surface area contributed by atoms with E-state index in [1.165, 1.54) is 12.0 Å². The fourth-order valence-corrected chi connectivity index (χ4v) is 2.36. The monoisotopic (exact) mass is 326 g/mol. The number of allylic oxidation sites excluding steroid dienone is 2. The van der Waals surface area contributed by atoms with Crippen molar-refractivity contribution in [3.05, 3.63) is 66.2 Å². The average molecular weight is 326 g/mol. The molecule has 0 amide bonds. The lowest BCUT2D eigenvalue weighted by atomic mass is 10.0. The van der Waals surface area contributed by atoms with Gasteiger partial charge in [0.2, 0.25) is 0 Å². The number of phenolic OH excluding ortho intramolecular Hbond substituents is 1. The summed E-state index contributed by atoms with van der Waals surface area (Å²) in [6.45, 7) is 6.76. The van der Waals surface area contributed by atoms with Gasteiger partial charge in [0, 0.05) is 12.2 Å². The van der Waals surface area contributed by atoms with Crippen molar-refractivity contribution in [2.75, 3.05) is 6.61 Å². The van der Waals surface area contributed by atoms with E-state index in [9.17, 15) is 5.11 Å². The molecule has 2 rings (SSSR count). The Morgan fingerprint density at radius 3 is 2.17 bits per heavy atom. The number of hydrogen-bond donors (Lipinski definition) is 2. The zero-order chi connectivity index (χ0) is 17.8. The van der Waals surface area contributed by atoms with E-state index in [4.69, 9.17) is 5.11 Å². The first-order valence-corrected chi connectivity index (χ1v) is 8.62. The van der Waals surface area contributed by atoms with Crippen molar-refractivity contribution in [2.45, 2.75) is 40.0 Å². The third-order valence-electron chi connectivity index (χ3n) is 3.82. The highest BCUT2D eigenvalue weighted by Crippen LogP contribution is 2.27. The number of phenols is 1. The van der Waals surface area contributed by atoms with Crippen LogP contribution in [0.15, 0.2) is 66.2 Å². The van der Waals surface area contributed by atoms with Crippen molar-refractivity contribution >= 4 is 0 Å². The maximum atomic E-state index is 9.56. The fourth-order valence-electron chi connectivity index (χ4n) is 2.36. The van der Waals surface area contributed by atoms with Crippen LogP contribution in [0.25, 0.3) is 11.1 Å². The summed E-state index contributed by atoms with van der Waals surface area (Å²) in [5.74, 6) is 0.990. The van der Waals surface area contributed by atoms with Crippen LogP contribution in [0.5, 0.6) is 5.75 Å². The first-order valence-electron chi connectivity index (χ1n) is 8.62. The molecule has 0 aliphatic rings. The van der Waals surface area contributed by atoms with E-state index in [-0.39, 0.29) is 0 Å². The van der Waals surface area contributed by atoms with E-state index < -0.39 is 0 Å². The molecule has 2 heteroatoms. The van der Waals surface area contributed by atoms with Crippen molar-refractivity contribution in [3.8, 4) is 16.9 Å². The van der Waals surface area contributed by atoms with E-state index >= 15 is 0 Å². The first kappa shape index (κ1) is 20.0.